The van der Waals surface area contributed by atoms with Gasteiger partial charge in [0.05, 0.1) is 17.2 Å². The van der Waals surface area contributed by atoms with Gasteiger partial charge >= 0.3 is 0 Å². The summed E-state index contributed by atoms with van der Waals surface area (Å²) in [5, 5.41) is 9.75. The van der Waals surface area contributed by atoms with E-state index in [-0.39, 0.29) is 12.5 Å². The predicted octanol–water partition coefficient (Wildman–Crippen LogP) is 3.06. The third kappa shape index (κ3) is 3.62. The van der Waals surface area contributed by atoms with E-state index in [9.17, 15) is 4.79 Å². The number of amides is 1. The number of benzene rings is 1. The van der Waals surface area contributed by atoms with Gasteiger partial charge in [-0.25, -0.2) is 4.98 Å². The molecule has 0 aliphatic heterocycles. The molecule has 0 fully saturated rings. The number of carbonyl (C=O) groups excluding carboxylic acids is 1. The van der Waals surface area contributed by atoms with Gasteiger partial charge in [-0.15, -0.1) is 11.3 Å². The Bertz CT molecular complexity index is 808. The first-order chi connectivity index (χ1) is 11.2. The van der Waals surface area contributed by atoms with Crippen molar-refractivity contribution in [3.05, 3.63) is 40.5 Å². The Morgan fingerprint density at radius 1 is 1.22 bits per heavy atom. The molecule has 0 unspecified atom stereocenters. The van der Waals surface area contributed by atoms with Gasteiger partial charge in [-0.3, -0.25) is 4.79 Å². The van der Waals surface area contributed by atoms with Crippen LogP contribution in [0.1, 0.15) is 24.7 Å². The topological polar surface area (TPSA) is 80.9 Å². The van der Waals surface area contributed by atoms with Crippen molar-refractivity contribution in [1.82, 2.24) is 20.4 Å². The van der Waals surface area contributed by atoms with Gasteiger partial charge in [0.15, 0.2) is 0 Å². The SMILES string of the molecule is CCc1nc(-c2ccc(-c3noc(CNC(C)=O)n3)cc2)cs1. The molecule has 118 valence electrons. The molecule has 0 saturated heterocycles. The molecule has 7 heteroatoms. The highest BCUT2D eigenvalue weighted by Crippen LogP contribution is 2.25. The summed E-state index contributed by atoms with van der Waals surface area (Å²) >= 11 is 1.67. The van der Waals surface area contributed by atoms with Crippen LogP contribution >= 0.6 is 11.3 Å². The molecule has 23 heavy (non-hydrogen) atoms. The van der Waals surface area contributed by atoms with Crippen LogP contribution in [0.2, 0.25) is 0 Å². The first kappa shape index (κ1) is 15.4. The molecule has 0 atom stereocenters. The third-order valence-corrected chi connectivity index (χ3v) is 4.24. The zero-order valence-corrected chi connectivity index (χ0v) is 13.7. The van der Waals surface area contributed by atoms with Crippen molar-refractivity contribution in [3.63, 3.8) is 0 Å². The minimum atomic E-state index is -0.135. The lowest BCUT2D eigenvalue weighted by molar-refractivity contribution is -0.119. The Morgan fingerprint density at radius 2 is 1.96 bits per heavy atom. The van der Waals surface area contributed by atoms with E-state index in [0.29, 0.717) is 11.7 Å². The summed E-state index contributed by atoms with van der Waals surface area (Å²) in [6.07, 6.45) is 0.947. The summed E-state index contributed by atoms with van der Waals surface area (Å²) in [5.74, 6) is 0.750. The van der Waals surface area contributed by atoms with Gasteiger partial charge in [-0.2, -0.15) is 4.98 Å². The summed E-state index contributed by atoms with van der Waals surface area (Å²) in [4.78, 5) is 19.7. The van der Waals surface area contributed by atoms with E-state index >= 15 is 0 Å². The van der Waals surface area contributed by atoms with Gasteiger partial charge in [-0.05, 0) is 6.42 Å². The Hall–Kier alpha value is -2.54. The Kier molecular flexibility index (Phi) is 4.47. The van der Waals surface area contributed by atoms with E-state index < -0.39 is 0 Å². The van der Waals surface area contributed by atoms with Crippen LogP contribution in [0.5, 0.6) is 0 Å². The smallest absolute Gasteiger partial charge is 0.246 e. The Balaban J connectivity index is 1.75. The van der Waals surface area contributed by atoms with E-state index in [1.807, 2.05) is 24.3 Å². The fraction of sp³-hybridized carbons (Fsp3) is 0.250. The van der Waals surface area contributed by atoms with Crippen molar-refractivity contribution in [3.8, 4) is 22.6 Å². The monoisotopic (exact) mass is 328 g/mol. The van der Waals surface area contributed by atoms with Crippen LogP contribution in [0.25, 0.3) is 22.6 Å². The Morgan fingerprint density at radius 3 is 2.61 bits per heavy atom. The fourth-order valence-electron chi connectivity index (χ4n) is 2.04. The number of hydrogen-bond donors (Lipinski definition) is 1. The number of aryl methyl sites for hydroxylation is 1. The number of nitrogens with one attached hydrogen (secondary N) is 1. The molecule has 0 aliphatic rings. The highest BCUT2D eigenvalue weighted by molar-refractivity contribution is 7.09. The first-order valence-corrected chi connectivity index (χ1v) is 8.16. The second kappa shape index (κ2) is 6.70. The minimum Gasteiger partial charge on any atom is -0.347 e. The van der Waals surface area contributed by atoms with Gasteiger partial charge in [-0.1, -0.05) is 36.3 Å². The summed E-state index contributed by atoms with van der Waals surface area (Å²) in [6, 6.07) is 7.86. The van der Waals surface area contributed by atoms with Crippen LogP contribution in [-0.4, -0.2) is 21.0 Å². The minimum absolute atomic E-state index is 0.135. The normalized spacial score (nSPS) is 10.7. The van der Waals surface area contributed by atoms with Crippen molar-refractivity contribution in [2.75, 3.05) is 0 Å². The van der Waals surface area contributed by atoms with Crippen LogP contribution in [0.15, 0.2) is 34.2 Å². The van der Waals surface area contributed by atoms with E-state index in [0.717, 1.165) is 28.2 Å². The molecule has 6 nitrogen and oxygen atoms in total. The second-order valence-electron chi connectivity index (χ2n) is 4.98. The molecule has 2 aromatic heterocycles. The van der Waals surface area contributed by atoms with Crippen LogP contribution in [0.3, 0.4) is 0 Å². The summed E-state index contributed by atoms with van der Waals surface area (Å²) in [5.41, 5.74) is 2.90. The molecule has 0 spiro atoms. The predicted molar refractivity (Wildman–Crippen MR) is 87.7 cm³/mol. The highest BCUT2D eigenvalue weighted by Gasteiger charge is 2.10. The molecule has 1 N–H and O–H groups in total. The average Bonchev–Trinajstić information content (AvgIpc) is 3.22. The lowest BCUT2D eigenvalue weighted by Gasteiger charge is -1.98. The molecule has 0 bridgehead atoms. The van der Waals surface area contributed by atoms with Crippen molar-refractivity contribution in [2.45, 2.75) is 26.8 Å². The number of rotatable bonds is 5. The quantitative estimate of drug-likeness (QED) is 0.778. The zero-order chi connectivity index (χ0) is 16.2. The van der Waals surface area contributed by atoms with E-state index in [1.165, 1.54) is 6.92 Å². The molecule has 0 aliphatic carbocycles. The third-order valence-electron chi connectivity index (χ3n) is 3.25. The molecular formula is C16H16N4O2S. The Labute approximate surface area is 137 Å². The molecule has 3 aromatic rings. The van der Waals surface area contributed by atoms with Crippen LogP contribution in [-0.2, 0) is 17.8 Å². The molecule has 2 heterocycles. The maximum Gasteiger partial charge on any atom is 0.246 e. The van der Waals surface area contributed by atoms with E-state index in [1.54, 1.807) is 11.3 Å². The standard InChI is InChI=1S/C16H16N4O2S/c1-3-15-18-13(9-23-15)11-4-6-12(7-5-11)16-19-14(22-20-16)8-17-10(2)21/h4-7,9H,3,8H2,1-2H3,(H,17,21). The number of aromatic nitrogens is 3. The summed E-state index contributed by atoms with van der Waals surface area (Å²) in [7, 11) is 0. The van der Waals surface area contributed by atoms with Gasteiger partial charge in [0.25, 0.3) is 0 Å². The van der Waals surface area contributed by atoms with Crippen LogP contribution in [0, 0.1) is 0 Å². The summed E-state index contributed by atoms with van der Waals surface area (Å²) in [6.45, 7) is 3.78. The van der Waals surface area contributed by atoms with Crippen molar-refractivity contribution >= 4 is 17.2 Å². The summed E-state index contributed by atoms with van der Waals surface area (Å²) < 4.78 is 5.12. The second-order valence-corrected chi connectivity index (χ2v) is 5.92. The lowest BCUT2D eigenvalue weighted by Crippen LogP contribution is -2.18. The van der Waals surface area contributed by atoms with E-state index in [4.69, 9.17) is 4.52 Å². The van der Waals surface area contributed by atoms with Gasteiger partial charge < -0.3 is 9.84 Å². The van der Waals surface area contributed by atoms with Crippen LogP contribution in [0.4, 0.5) is 0 Å². The van der Waals surface area contributed by atoms with Gasteiger partial charge in [0.2, 0.25) is 17.6 Å². The van der Waals surface area contributed by atoms with Crippen molar-refractivity contribution in [1.29, 1.82) is 0 Å². The zero-order valence-electron chi connectivity index (χ0n) is 12.9. The molecule has 1 aromatic carbocycles. The van der Waals surface area contributed by atoms with Gasteiger partial charge in [0, 0.05) is 23.4 Å². The first-order valence-electron chi connectivity index (χ1n) is 7.28. The van der Waals surface area contributed by atoms with Crippen molar-refractivity contribution < 1.29 is 9.32 Å². The molecule has 0 saturated carbocycles. The average molecular weight is 328 g/mol. The number of hydrogen-bond acceptors (Lipinski definition) is 6. The molecule has 1 amide bonds. The largest absolute Gasteiger partial charge is 0.347 e. The molecular weight excluding hydrogens is 312 g/mol. The number of carbonyl (C=O) groups is 1. The number of nitrogens with zero attached hydrogens (tertiary/aromatic N) is 3. The van der Waals surface area contributed by atoms with Crippen LogP contribution < -0.4 is 5.32 Å². The molecule has 3 rings (SSSR count). The van der Waals surface area contributed by atoms with E-state index in [2.05, 4.69) is 32.7 Å². The maximum absolute atomic E-state index is 10.9. The fourth-order valence-corrected chi connectivity index (χ4v) is 2.79. The lowest BCUT2D eigenvalue weighted by atomic mass is 10.1. The highest BCUT2D eigenvalue weighted by atomic mass is 32.1. The number of thiazole rings is 1. The maximum atomic E-state index is 10.9. The molecule has 0 radical (unpaired) electrons. The van der Waals surface area contributed by atoms with Gasteiger partial charge in [0.1, 0.15) is 0 Å². The van der Waals surface area contributed by atoms with Crippen molar-refractivity contribution in [2.24, 2.45) is 0 Å².